The summed E-state index contributed by atoms with van der Waals surface area (Å²) in [6, 6.07) is 7.40. The van der Waals surface area contributed by atoms with Crippen LogP contribution in [0.4, 0.5) is 0 Å². The lowest BCUT2D eigenvalue weighted by atomic mass is 10.1. The highest BCUT2D eigenvalue weighted by atomic mass is 16.5. The largest absolute Gasteiger partial charge is 0.444 e. The Hall–Kier alpha value is -2.18. The third kappa shape index (κ3) is 3.28. The molecule has 0 radical (unpaired) electrons. The summed E-state index contributed by atoms with van der Waals surface area (Å²) in [5.41, 5.74) is 1.54. The molecular formula is C17H20N2O4. The summed E-state index contributed by atoms with van der Waals surface area (Å²) in [4.78, 5) is 18.5. The zero-order valence-corrected chi connectivity index (χ0v) is 13.3. The molecule has 6 heteroatoms. The first-order chi connectivity index (χ1) is 11.2. The summed E-state index contributed by atoms with van der Waals surface area (Å²) >= 11 is 0. The van der Waals surface area contributed by atoms with E-state index in [9.17, 15) is 4.79 Å². The number of amides is 1. The normalized spacial score (nSPS) is 20.9. The molecule has 1 aromatic heterocycles. The standard InChI is InChI=1S/C17H20N2O4/c1-21-10-14-7-15(22-2)9-19(14)17(20)13-5-3-12(4-6-13)16-8-18-11-23-16/h3-6,8,11,14-15H,7,9-10H2,1-2H3/t14-,15-/m0/s1. The monoisotopic (exact) mass is 316 g/mol. The molecular weight excluding hydrogens is 296 g/mol. The summed E-state index contributed by atoms with van der Waals surface area (Å²) in [5, 5.41) is 0. The third-order valence-electron chi connectivity index (χ3n) is 4.18. The summed E-state index contributed by atoms with van der Waals surface area (Å²) < 4.78 is 15.9. The molecule has 1 amide bonds. The molecule has 1 aromatic carbocycles. The molecule has 6 nitrogen and oxygen atoms in total. The van der Waals surface area contributed by atoms with Gasteiger partial charge < -0.3 is 18.8 Å². The molecule has 122 valence electrons. The Bertz CT molecular complexity index is 639. The Morgan fingerprint density at radius 1 is 1.35 bits per heavy atom. The van der Waals surface area contributed by atoms with Crippen LogP contribution in [0.1, 0.15) is 16.8 Å². The Morgan fingerprint density at radius 3 is 2.74 bits per heavy atom. The van der Waals surface area contributed by atoms with Crippen LogP contribution in [0.5, 0.6) is 0 Å². The van der Waals surface area contributed by atoms with Gasteiger partial charge in [-0.15, -0.1) is 0 Å². The lowest BCUT2D eigenvalue weighted by Gasteiger charge is -2.23. The highest BCUT2D eigenvalue weighted by molar-refractivity contribution is 5.95. The molecule has 23 heavy (non-hydrogen) atoms. The SMILES string of the molecule is COC[C@@H]1C[C@H](OC)CN1C(=O)c1ccc(-c2cnco2)cc1. The van der Waals surface area contributed by atoms with Gasteiger partial charge in [0.1, 0.15) is 0 Å². The molecule has 0 unspecified atom stereocenters. The highest BCUT2D eigenvalue weighted by Gasteiger charge is 2.35. The van der Waals surface area contributed by atoms with Crippen LogP contribution in [0.2, 0.25) is 0 Å². The molecule has 1 fully saturated rings. The third-order valence-corrected chi connectivity index (χ3v) is 4.18. The van der Waals surface area contributed by atoms with Crippen LogP contribution in [0.3, 0.4) is 0 Å². The van der Waals surface area contributed by atoms with E-state index in [-0.39, 0.29) is 18.1 Å². The molecule has 0 saturated carbocycles. The number of ether oxygens (including phenoxy) is 2. The molecule has 1 aliphatic heterocycles. The van der Waals surface area contributed by atoms with E-state index < -0.39 is 0 Å². The predicted molar refractivity (Wildman–Crippen MR) is 84.1 cm³/mol. The molecule has 0 aliphatic carbocycles. The summed E-state index contributed by atoms with van der Waals surface area (Å²) in [6.07, 6.45) is 3.90. The lowest BCUT2D eigenvalue weighted by Crippen LogP contribution is -2.38. The van der Waals surface area contributed by atoms with Gasteiger partial charge in [-0.3, -0.25) is 4.79 Å². The number of methoxy groups -OCH3 is 2. The maximum absolute atomic E-state index is 12.8. The predicted octanol–water partition coefficient (Wildman–Crippen LogP) is 2.22. The first-order valence-electron chi connectivity index (χ1n) is 7.54. The zero-order chi connectivity index (χ0) is 16.2. The van der Waals surface area contributed by atoms with E-state index in [0.29, 0.717) is 24.5 Å². The molecule has 2 atom stereocenters. The first-order valence-corrected chi connectivity index (χ1v) is 7.54. The average Bonchev–Trinajstić information content (AvgIpc) is 3.24. The van der Waals surface area contributed by atoms with E-state index >= 15 is 0 Å². The summed E-state index contributed by atoms with van der Waals surface area (Å²) in [5.74, 6) is 0.678. The van der Waals surface area contributed by atoms with E-state index in [0.717, 1.165) is 12.0 Å². The van der Waals surface area contributed by atoms with E-state index in [1.54, 1.807) is 20.4 Å². The van der Waals surface area contributed by atoms with Gasteiger partial charge in [0.05, 0.1) is 24.9 Å². The maximum atomic E-state index is 12.8. The second-order valence-corrected chi connectivity index (χ2v) is 5.60. The van der Waals surface area contributed by atoms with E-state index in [2.05, 4.69) is 4.98 Å². The van der Waals surface area contributed by atoms with Gasteiger partial charge in [-0.25, -0.2) is 4.98 Å². The van der Waals surface area contributed by atoms with Crippen molar-refractivity contribution in [1.29, 1.82) is 0 Å². The van der Waals surface area contributed by atoms with Crippen LogP contribution in [-0.4, -0.2) is 55.3 Å². The minimum absolute atomic E-state index is 0.00396. The number of aromatic nitrogens is 1. The smallest absolute Gasteiger partial charge is 0.254 e. The van der Waals surface area contributed by atoms with E-state index in [1.807, 2.05) is 29.2 Å². The zero-order valence-electron chi connectivity index (χ0n) is 13.3. The molecule has 2 heterocycles. The first kappa shape index (κ1) is 15.7. The van der Waals surface area contributed by atoms with Crippen molar-refractivity contribution >= 4 is 5.91 Å². The number of carbonyl (C=O) groups excluding carboxylic acids is 1. The van der Waals surface area contributed by atoms with Gasteiger partial charge in [0.15, 0.2) is 12.2 Å². The van der Waals surface area contributed by atoms with Gasteiger partial charge in [0.2, 0.25) is 0 Å². The van der Waals surface area contributed by atoms with Crippen molar-refractivity contribution < 1.29 is 18.7 Å². The highest BCUT2D eigenvalue weighted by Crippen LogP contribution is 2.24. The van der Waals surface area contributed by atoms with Gasteiger partial charge in [-0.1, -0.05) is 12.1 Å². The summed E-state index contributed by atoms with van der Waals surface area (Å²) in [6.45, 7) is 1.11. The Kier molecular flexibility index (Phi) is 4.73. The number of rotatable bonds is 5. The number of likely N-dealkylation sites (tertiary alicyclic amines) is 1. The minimum atomic E-state index is -0.00396. The van der Waals surface area contributed by atoms with Crippen LogP contribution < -0.4 is 0 Å². The summed E-state index contributed by atoms with van der Waals surface area (Å²) in [7, 11) is 3.32. The molecule has 0 spiro atoms. The molecule has 2 aromatic rings. The fraction of sp³-hybridized carbons (Fsp3) is 0.412. The van der Waals surface area contributed by atoms with Gasteiger partial charge in [-0.2, -0.15) is 0 Å². The number of hydrogen-bond acceptors (Lipinski definition) is 5. The van der Waals surface area contributed by atoms with Gasteiger partial charge in [-0.05, 0) is 18.6 Å². The number of nitrogens with zero attached hydrogens (tertiary/aromatic N) is 2. The Morgan fingerprint density at radius 2 is 2.13 bits per heavy atom. The van der Waals surface area contributed by atoms with Crippen molar-refractivity contribution in [1.82, 2.24) is 9.88 Å². The van der Waals surface area contributed by atoms with Crippen molar-refractivity contribution in [3.63, 3.8) is 0 Å². The van der Waals surface area contributed by atoms with Crippen molar-refractivity contribution in [3.05, 3.63) is 42.4 Å². The van der Waals surface area contributed by atoms with Crippen molar-refractivity contribution in [2.24, 2.45) is 0 Å². The number of carbonyl (C=O) groups is 1. The minimum Gasteiger partial charge on any atom is -0.444 e. The maximum Gasteiger partial charge on any atom is 0.254 e. The van der Waals surface area contributed by atoms with E-state index in [1.165, 1.54) is 6.39 Å². The van der Waals surface area contributed by atoms with Crippen LogP contribution in [0.15, 0.2) is 41.3 Å². The average molecular weight is 316 g/mol. The van der Waals surface area contributed by atoms with E-state index in [4.69, 9.17) is 13.9 Å². The molecule has 3 rings (SSSR count). The number of benzene rings is 1. The fourth-order valence-corrected chi connectivity index (χ4v) is 2.94. The second kappa shape index (κ2) is 6.93. The second-order valence-electron chi connectivity index (χ2n) is 5.60. The quantitative estimate of drug-likeness (QED) is 0.846. The van der Waals surface area contributed by atoms with Crippen LogP contribution in [0.25, 0.3) is 11.3 Å². The lowest BCUT2D eigenvalue weighted by molar-refractivity contribution is 0.0612. The topological polar surface area (TPSA) is 64.8 Å². The van der Waals surface area contributed by atoms with Crippen LogP contribution in [-0.2, 0) is 9.47 Å². The van der Waals surface area contributed by atoms with Crippen molar-refractivity contribution in [2.75, 3.05) is 27.4 Å². The molecule has 1 aliphatic rings. The molecule has 1 saturated heterocycles. The van der Waals surface area contributed by atoms with Crippen molar-refractivity contribution in [2.45, 2.75) is 18.6 Å². The molecule has 0 N–H and O–H groups in total. The molecule has 0 bridgehead atoms. The van der Waals surface area contributed by atoms with Crippen molar-refractivity contribution in [3.8, 4) is 11.3 Å². The van der Waals surface area contributed by atoms with Gasteiger partial charge in [0.25, 0.3) is 5.91 Å². The van der Waals surface area contributed by atoms with Crippen LogP contribution >= 0.6 is 0 Å². The Labute approximate surface area is 135 Å². The Balaban J connectivity index is 1.76. The number of oxazole rings is 1. The number of hydrogen-bond donors (Lipinski definition) is 0. The van der Waals surface area contributed by atoms with Gasteiger partial charge >= 0.3 is 0 Å². The fourth-order valence-electron chi connectivity index (χ4n) is 2.94. The van der Waals surface area contributed by atoms with Gasteiger partial charge in [0, 0.05) is 31.9 Å². The van der Waals surface area contributed by atoms with Crippen LogP contribution in [0, 0.1) is 0 Å².